The van der Waals surface area contributed by atoms with Gasteiger partial charge in [0.2, 0.25) is 0 Å². The molecule has 0 aliphatic heterocycles. The largest absolute Gasteiger partial charge is 0.491 e. The van der Waals surface area contributed by atoms with Gasteiger partial charge < -0.3 is 19.6 Å². The van der Waals surface area contributed by atoms with Crippen LogP contribution in [0.5, 0.6) is 5.75 Å². The highest BCUT2D eigenvalue weighted by Crippen LogP contribution is 2.24. The first-order chi connectivity index (χ1) is 12.7. The molecule has 0 aliphatic carbocycles. The molecule has 3 rings (SSSR count). The van der Waals surface area contributed by atoms with Crippen LogP contribution in [0.25, 0.3) is 22.3 Å². The van der Waals surface area contributed by atoms with Crippen molar-refractivity contribution < 1.29 is 19.6 Å². The summed E-state index contributed by atoms with van der Waals surface area (Å²) in [6.45, 7) is 3.90. The molecule has 0 bridgehead atoms. The lowest BCUT2D eigenvalue weighted by atomic mass is 10.1. The summed E-state index contributed by atoms with van der Waals surface area (Å²) in [4.78, 5) is 12.4. The highest BCUT2D eigenvalue weighted by atomic mass is 16.5. The highest BCUT2D eigenvalue weighted by molar-refractivity contribution is 5.80. The van der Waals surface area contributed by atoms with Gasteiger partial charge in [0.05, 0.1) is 11.9 Å². The number of ether oxygens (including phenoxy) is 1. The van der Waals surface area contributed by atoms with E-state index in [4.69, 9.17) is 9.15 Å². The first kappa shape index (κ1) is 18.2. The fourth-order valence-electron chi connectivity index (χ4n) is 2.74. The SMILES string of the molecule is CCC[NH2+]C[C@@H](O)COc1ccc2c(=O)cc(-c3ccccc3)oc2c1. The van der Waals surface area contributed by atoms with E-state index < -0.39 is 6.10 Å². The lowest BCUT2D eigenvalue weighted by Crippen LogP contribution is -2.86. The average molecular weight is 354 g/mol. The van der Waals surface area contributed by atoms with E-state index in [1.807, 2.05) is 30.3 Å². The molecule has 3 N–H and O–H groups in total. The number of quaternary nitrogens is 1. The summed E-state index contributed by atoms with van der Waals surface area (Å²) < 4.78 is 11.6. The zero-order chi connectivity index (χ0) is 18.4. The lowest BCUT2D eigenvalue weighted by molar-refractivity contribution is -0.661. The molecule has 1 aromatic heterocycles. The average Bonchev–Trinajstić information content (AvgIpc) is 2.67. The molecule has 136 valence electrons. The third kappa shape index (κ3) is 4.50. The summed E-state index contributed by atoms with van der Waals surface area (Å²) in [5, 5.41) is 12.5. The standard InChI is InChI=1S/C21H23NO4/c1-2-10-22-13-16(23)14-25-17-8-9-18-19(24)12-20(26-21(18)11-17)15-6-4-3-5-7-15/h3-9,11-12,16,22-23H,2,10,13-14H2,1H3/p+1/t16-/m1/s1. The smallest absolute Gasteiger partial charge is 0.193 e. The van der Waals surface area contributed by atoms with Gasteiger partial charge in [-0.2, -0.15) is 0 Å². The van der Waals surface area contributed by atoms with Gasteiger partial charge in [0.1, 0.15) is 36.3 Å². The van der Waals surface area contributed by atoms with E-state index in [2.05, 4.69) is 12.2 Å². The van der Waals surface area contributed by atoms with Gasteiger partial charge >= 0.3 is 0 Å². The zero-order valence-electron chi connectivity index (χ0n) is 14.9. The molecular formula is C21H24NO4+. The summed E-state index contributed by atoms with van der Waals surface area (Å²) in [6, 6.07) is 16.1. The Morgan fingerprint density at radius 3 is 2.73 bits per heavy atom. The first-order valence-electron chi connectivity index (χ1n) is 8.93. The monoisotopic (exact) mass is 354 g/mol. The Kier molecular flexibility index (Phi) is 6.04. The Labute approximate surface area is 152 Å². The van der Waals surface area contributed by atoms with Gasteiger partial charge in [0.15, 0.2) is 5.43 Å². The van der Waals surface area contributed by atoms with Crippen molar-refractivity contribution in [1.29, 1.82) is 0 Å². The van der Waals surface area contributed by atoms with Crippen molar-refractivity contribution >= 4 is 11.0 Å². The van der Waals surface area contributed by atoms with Crippen LogP contribution in [0.4, 0.5) is 0 Å². The van der Waals surface area contributed by atoms with E-state index in [1.54, 1.807) is 18.2 Å². The molecule has 5 nitrogen and oxygen atoms in total. The van der Waals surface area contributed by atoms with Gasteiger partial charge in [0.25, 0.3) is 0 Å². The van der Waals surface area contributed by atoms with Crippen molar-refractivity contribution in [3.8, 4) is 17.1 Å². The zero-order valence-corrected chi connectivity index (χ0v) is 14.9. The van der Waals surface area contributed by atoms with Crippen LogP contribution in [-0.4, -0.2) is 30.9 Å². The van der Waals surface area contributed by atoms with Crippen LogP contribution >= 0.6 is 0 Å². The summed E-state index contributed by atoms with van der Waals surface area (Å²) in [5.41, 5.74) is 1.23. The number of nitrogens with two attached hydrogens (primary N) is 1. The second kappa shape index (κ2) is 8.65. The maximum absolute atomic E-state index is 12.4. The van der Waals surface area contributed by atoms with Gasteiger partial charge in [0, 0.05) is 17.7 Å². The molecule has 1 heterocycles. The Morgan fingerprint density at radius 1 is 1.15 bits per heavy atom. The lowest BCUT2D eigenvalue weighted by Gasteiger charge is -2.11. The van der Waals surface area contributed by atoms with Crippen LogP contribution in [0, 0.1) is 0 Å². The number of benzene rings is 2. The summed E-state index contributed by atoms with van der Waals surface area (Å²) in [5.74, 6) is 1.09. The normalized spacial score (nSPS) is 12.2. The van der Waals surface area contributed by atoms with Gasteiger partial charge in [-0.05, 0) is 18.6 Å². The van der Waals surface area contributed by atoms with Gasteiger partial charge in [-0.15, -0.1) is 0 Å². The van der Waals surface area contributed by atoms with E-state index in [1.165, 1.54) is 6.07 Å². The van der Waals surface area contributed by atoms with Crippen LogP contribution < -0.4 is 15.5 Å². The molecule has 0 unspecified atom stereocenters. The number of rotatable bonds is 8. The van der Waals surface area contributed by atoms with Crippen LogP contribution in [0.1, 0.15) is 13.3 Å². The molecule has 0 radical (unpaired) electrons. The van der Waals surface area contributed by atoms with Gasteiger partial charge in [-0.25, -0.2) is 0 Å². The molecule has 0 fully saturated rings. The molecule has 0 saturated heterocycles. The highest BCUT2D eigenvalue weighted by Gasteiger charge is 2.10. The molecule has 0 spiro atoms. The summed E-state index contributed by atoms with van der Waals surface area (Å²) in [6.07, 6.45) is 0.529. The third-order valence-electron chi connectivity index (χ3n) is 4.13. The second-order valence-corrected chi connectivity index (χ2v) is 6.28. The van der Waals surface area contributed by atoms with E-state index in [0.29, 0.717) is 29.0 Å². The van der Waals surface area contributed by atoms with Crippen LogP contribution in [0.15, 0.2) is 63.8 Å². The molecule has 26 heavy (non-hydrogen) atoms. The Morgan fingerprint density at radius 2 is 1.96 bits per heavy atom. The van der Waals surface area contributed by atoms with Gasteiger partial charge in [-0.1, -0.05) is 37.3 Å². The summed E-state index contributed by atoms with van der Waals surface area (Å²) in [7, 11) is 0. The van der Waals surface area contributed by atoms with E-state index >= 15 is 0 Å². The van der Waals surface area contributed by atoms with Gasteiger partial charge in [-0.3, -0.25) is 4.79 Å². The quantitative estimate of drug-likeness (QED) is 0.608. The number of fused-ring (bicyclic) bond motifs is 1. The molecule has 2 aromatic carbocycles. The number of aliphatic hydroxyl groups excluding tert-OH is 1. The van der Waals surface area contributed by atoms with Crippen molar-refractivity contribution in [2.24, 2.45) is 0 Å². The van der Waals surface area contributed by atoms with E-state index in [-0.39, 0.29) is 12.0 Å². The molecule has 0 saturated carbocycles. The minimum atomic E-state index is -0.542. The van der Waals surface area contributed by atoms with Crippen LogP contribution in [0.3, 0.4) is 0 Å². The molecule has 1 atom stereocenters. The minimum absolute atomic E-state index is 0.0918. The van der Waals surface area contributed by atoms with Crippen molar-refractivity contribution in [1.82, 2.24) is 0 Å². The van der Waals surface area contributed by atoms with Crippen LogP contribution in [0.2, 0.25) is 0 Å². The first-order valence-corrected chi connectivity index (χ1v) is 8.93. The molecule has 3 aromatic rings. The Hall–Kier alpha value is -2.63. The maximum atomic E-state index is 12.4. The predicted octanol–water partition coefficient (Wildman–Crippen LogP) is 2.17. The maximum Gasteiger partial charge on any atom is 0.193 e. The molecule has 0 amide bonds. The summed E-state index contributed by atoms with van der Waals surface area (Å²) >= 11 is 0. The Balaban J connectivity index is 1.78. The fourth-order valence-corrected chi connectivity index (χ4v) is 2.74. The minimum Gasteiger partial charge on any atom is -0.491 e. The predicted molar refractivity (Wildman–Crippen MR) is 101 cm³/mol. The van der Waals surface area contributed by atoms with Crippen molar-refractivity contribution in [3.63, 3.8) is 0 Å². The number of hydrogen-bond donors (Lipinski definition) is 2. The van der Waals surface area contributed by atoms with Crippen molar-refractivity contribution in [2.75, 3.05) is 19.7 Å². The second-order valence-electron chi connectivity index (χ2n) is 6.28. The molecular weight excluding hydrogens is 330 g/mol. The molecule has 0 aliphatic rings. The van der Waals surface area contributed by atoms with E-state index in [0.717, 1.165) is 18.5 Å². The van der Waals surface area contributed by atoms with E-state index in [9.17, 15) is 9.90 Å². The number of aliphatic hydroxyl groups is 1. The van der Waals surface area contributed by atoms with Crippen LogP contribution in [-0.2, 0) is 0 Å². The Bertz CT molecular complexity index is 905. The fraction of sp³-hybridized carbons (Fsp3) is 0.286. The topological polar surface area (TPSA) is 76.3 Å². The van der Waals surface area contributed by atoms with Crippen molar-refractivity contribution in [2.45, 2.75) is 19.4 Å². The number of hydrogen-bond acceptors (Lipinski definition) is 4. The third-order valence-corrected chi connectivity index (χ3v) is 4.13. The van der Waals surface area contributed by atoms with Crippen molar-refractivity contribution in [3.05, 3.63) is 64.8 Å². The molecule has 5 heteroatoms.